The first-order valence-electron chi connectivity index (χ1n) is 34.5. The van der Waals surface area contributed by atoms with Crippen molar-refractivity contribution in [2.24, 2.45) is 0 Å². The van der Waals surface area contributed by atoms with E-state index in [0.29, 0.717) is 11.6 Å². The number of pyridine rings is 1. The number of hydrogen-bond acceptors (Lipinski definition) is 2. The molecule has 7 aromatic carbocycles. The number of nitrogens with zero attached hydrogens (tertiary/aromatic N) is 4. The Hall–Kier alpha value is -7.24. The van der Waals surface area contributed by atoms with Crippen LogP contribution in [0.25, 0.3) is 72.3 Å². The van der Waals surface area contributed by atoms with Crippen LogP contribution in [0.4, 0.5) is 0 Å². The van der Waals surface area contributed by atoms with Gasteiger partial charge in [0.15, 0.2) is 0 Å². The Kier molecular flexibility index (Phi) is 5.00. The normalized spacial score (nSPS) is 22.9. The summed E-state index contributed by atoms with van der Waals surface area (Å²) in [6.45, 7) is -14.7. The average molecular weight is 888 g/mol. The van der Waals surface area contributed by atoms with Crippen LogP contribution in [0.1, 0.15) is 120 Å². The van der Waals surface area contributed by atoms with Crippen molar-refractivity contribution in [3.63, 3.8) is 0 Å². The molecule has 1 aliphatic carbocycles. The minimum Gasteiger partial charge on any atom is -0.458 e. The van der Waals surface area contributed by atoms with Crippen molar-refractivity contribution in [1.82, 2.24) is 14.1 Å². The van der Waals surface area contributed by atoms with Gasteiger partial charge in [0, 0.05) is 49.1 Å². The van der Waals surface area contributed by atoms with Crippen molar-refractivity contribution >= 4 is 32.8 Å². The Balaban J connectivity index is 1.24. The fraction of sp³-hybridized carbons (Fsp3) is 0.213. The zero-order valence-electron chi connectivity index (χ0n) is 62.7. The molecular weight excluding hydrogens is 805 g/mol. The van der Waals surface area contributed by atoms with Crippen molar-refractivity contribution in [1.29, 1.82) is 0 Å². The molecule has 0 saturated carbocycles. The number of aryl methyl sites for hydroxylation is 1. The molecular formula is C61H56N4O. The molecule has 0 radical (unpaired) electrons. The molecule has 3 aromatic heterocycles. The van der Waals surface area contributed by atoms with Gasteiger partial charge in [0.2, 0.25) is 0 Å². The number of hydrogen-bond donors (Lipinski definition) is 0. The van der Waals surface area contributed by atoms with Gasteiger partial charge in [-0.25, -0.2) is 4.98 Å². The van der Waals surface area contributed by atoms with Crippen LogP contribution in [0.3, 0.4) is 0 Å². The molecule has 0 aliphatic heterocycles. The van der Waals surface area contributed by atoms with Gasteiger partial charge in [-0.3, -0.25) is 13.7 Å². The average Bonchev–Trinajstić information content (AvgIpc) is 1.07. The lowest BCUT2D eigenvalue weighted by molar-refractivity contribution is -0.571. The zero-order valence-corrected chi connectivity index (χ0v) is 35.7. The van der Waals surface area contributed by atoms with Crippen molar-refractivity contribution < 1.29 is 46.3 Å². The second-order valence-electron chi connectivity index (χ2n) is 17.2. The Morgan fingerprint density at radius 2 is 1.42 bits per heavy atom. The van der Waals surface area contributed by atoms with Gasteiger partial charge in [-0.2, -0.15) is 0 Å². The first kappa shape index (κ1) is 21.4. The highest BCUT2D eigenvalue weighted by Crippen LogP contribution is 2.48. The summed E-state index contributed by atoms with van der Waals surface area (Å²) < 4.78 is 256. The number of fused-ring (bicyclic) bond motifs is 5. The van der Waals surface area contributed by atoms with Crippen LogP contribution >= 0.6 is 0 Å². The first-order chi connectivity index (χ1) is 42.8. The smallest absolute Gasteiger partial charge is 0.269 e. The van der Waals surface area contributed by atoms with Gasteiger partial charge >= 0.3 is 0 Å². The second-order valence-corrected chi connectivity index (χ2v) is 17.2. The summed E-state index contributed by atoms with van der Waals surface area (Å²) in [6, 6.07) is 22.5. The molecule has 0 fully saturated rings. The standard InChI is InChI=1S/C61H56N4O/c1-40-33-49(41-17-10-9-11-18-41)58(50(34-40)42-25-28-51-52(35-42)61(7,8)31-30-60(51,5)6)64-39-63(54-23-14-15-24-55(54)64)44-19-16-20-45(37-44)66-46-26-27-48-47-21-12-13-22-53(47)65(56(48)38-46)57-36-43(29-32-62-57)59(2,3)4/h9-29,32-38H,30-31H2,1-8H3/i1D3,5D3,6D3,7D3,8D3,9D,10D,11D,17D,18D,25D,28D,30D2,31D2,35D. The van der Waals surface area contributed by atoms with Crippen molar-refractivity contribution in [3.8, 4) is 50.9 Å². The van der Waals surface area contributed by atoms with E-state index in [1.807, 2.05) is 53.1 Å². The fourth-order valence-corrected chi connectivity index (χ4v) is 8.56. The molecule has 0 atom stereocenters. The lowest BCUT2D eigenvalue weighted by Gasteiger charge is -2.42. The molecule has 0 saturated heterocycles. The summed E-state index contributed by atoms with van der Waals surface area (Å²) >= 11 is 0. The lowest BCUT2D eigenvalue weighted by Crippen LogP contribution is -2.34. The van der Waals surface area contributed by atoms with Crippen molar-refractivity contribution in [2.75, 3.05) is 0 Å². The summed E-state index contributed by atoms with van der Waals surface area (Å²) in [6.07, 6.45) is -4.44. The summed E-state index contributed by atoms with van der Waals surface area (Å²) in [5.74, 6) is 1.33. The minimum absolute atomic E-state index is 0.0672. The molecule has 0 bridgehead atoms. The van der Waals surface area contributed by atoms with Gasteiger partial charge in [-0.05, 0) is 123 Å². The molecule has 5 heteroatoms. The van der Waals surface area contributed by atoms with Crippen molar-refractivity contribution in [2.45, 2.75) is 84.0 Å². The fourth-order valence-electron chi connectivity index (χ4n) is 8.56. The molecule has 0 amide bonds. The van der Waals surface area contributed by atoms with E-state index in [1.54, 1.807) is 48.7 Å². The third-order valence-corrected chi connectivity index (χ3v) is 11.7. The number of aromatic nitrogens is 4. The van der Waals surface area contributed by atoms with Crippen molar-refractivity contribution in [3.05, 3.63) is 198 Å². The van der Waals surface area contributed by atoms with E-state index >= 15 is 0 Å². The topological polar surface area (TPSA) is 35.9 Å². The van der Waals surface area contributed by atoms with Crippen LogP contribution in [0.15, 0.2) is 170 Å². The molecule has 1 aliphatic rings. The molecule has 0 N–H and O–H groups in total. The van der Waals surface area contributed by atoms with E-state index in [4.69, 9.17) is 34.4 Å². The van der Waals surface area contributed by atoms with Gasteiger partial charge in [0.1, 0.15) is 17.3 Å². The molecule has 10 aromatic rings. The number of rotatable bonds is 7. The molecule has 0 spiro atoms. The van der Waals surface area contributed by atoms with E-state index in [2.05, 4.69) is 27.1 Å². The molecule has 3 heterocycles. The Labute approximate surface area is 426 Å². The largest absolute Gasteiger partial charge is 0.458 e. The molecule has 66 heavy (non-hydrogen) atoms. The number of para-hydroxylation sites is 3. The van der Waals surface area contributed by atoms with E-state index in [-0.39, 0.29) is 27.9 Å². The van der Waals surface area contributed by atoms with Gasteiger partial charge in [0.25, 0.3) is 6.33 Å². The Bertz CT molecular complexity index is 4690. The van der Waals surface area contributed by atoms with Crippen LogP contribution < -0.4 is 9.30 Å². The Morgan fingerprint density at radius 1 is 0.697 bits per heavy atom. The quantitative estimate of drug-likeness (QED) is 0.118. The van der Waals surface area contributed by atoms with Gasteiger partial charge in [-0.15, -0.1) is 0 Å². The van der Waals surface area contributed by atoms with Gasteiger partial charge in [-0.1, -0.05) is 163 Å². The Morgan fingerprint density at radius 3 is 2.21 bits per heavy atom. The summed E-state index contributed by atoms with van der Waals surface area (Å²) in [4.78, 5) is 4.78. The summed E-state index contributed by atoms with van der Waals surface area (Å²) in [5, 5.41) is 1.86. The maximum Gasteiger partial charge on any atom is 0.269 e. The third kappa shape index (κ3) is 7.09. The maximum atomic E-state index is 10.2. The van der Waals surface area contributed by atoms with E-state index < -0.39 is 151 Å². The zero-order chi connectivity index (χ0) is 68.6. The van der Waals surface area contributed by atoms with Gasteiger partial charge < -0.3 is 4.74 Å². The molecule has 11 rings (SSSR count). The van der Waals surface area contributed by atoms with Crippen LogP contribution in [-0.4, -0.2) is 14.1 Å². The lowest BCUT2D eigenvalue weighted by atomic mass is 9.63. The predicted octanol–water partition coefficient (Wildman–Crippen LogP) is 15.3. The highest BCUT2D eigenvalue weighted by Gasteiger charge is 2.37. The highest BCUT2D eigenvalue weighted by atomic mass is 16.5. The van der Waals surface area contributed by atoms with Gasteiger partial charge in [0.05, 0.1) is 44.4 Å². The first-order valence-corrected chi connectivity index (χ1v) is 21.0. The summed E-state index contributed by atoms with van der Waals surface area (Å²) in [7, 11) is 0. The number of imidazole rings is 1. The van der Waals surface area contributed by atoms with E-state index in [0.717, 1.165) is 44.1 Å². The molecule has 5 nitrogen and oxygen atoms in total. The maximum absolute atomic E-state index is 10.2. The highest BCUT2D eigenvalue weighted by molar-refractivity contribution is 6.09. The van der Waals surface area contributed by atoms with Crippen LogP contribution in [-0.2, 0) is 16.2 Å². The molecule has 326 valence electrons. The monoisotopic (exact) mass is 888 g/mol. The summed E-state index contributed by atoms with van der Waals surface area (Å²) in [5.41, 5.74) is -14.2. The minimum atomic E-state index is -4.71. The molecule has 0 unspecified atom stereocenters. The van der Waals surface area contributed by atoms with Crippen LogP contribution in [0.2, 0.25) is 0 Å². The second kappa shape index (κ2) is 15.4. The van der Waals surface area contributed by atoms with E-state index in [1.165, 1.54) is 16.7 Å². The number of ether oxygens (including phenoxy) is 1. The van der Waals surface area contributed by atoms with Crippen LogP contribution in [0, 0.1) is 13.2 Å². The van der Waals surface area contributed by atoms with E-state index in [9.17, 15) is 12.3 Å². The van der Waals surface area contributed by atoms with Crippen LogP contribution in [0.5, 0.6) is 11.5 Å². The number of benzene rings is 7. The SMILES string of the molecule is [2H]c1c([2H])c([2H])c(-c2cc(C([2H])([2H])[2H])cc(-c3c([2H])c([2H])c4c(c3[2H])C(C([2H])([2H])[2H])(C([2H])([2H])[2H])C([2H])([2H])C([2H])([2H])C4(C([2H])([2H])[2H])C([2H])([2H])[2H])c2-[n+]2[c-]n(-c3cccc(Oc4ccc5c6ccccc6n(-c6cc(C(C)(C)C)ccn6)c5c4)c3)c3ccccc32)c([2H])c1[2H]. The third-order valence-electron chi connectivity index (χ3n) is 11.7. The predicted molar refractivity (Wildman–Crippen MR) is 272 cm³/mol.